The number of aliphatic hydroxyl groups excluding tert-OH is 1. The van der Waals surface area contributed by atoms with Crippen molar-refractivity contribution in [1.82, 2.24) is 15.7 Å². The number of carbonyl (C=O) groups is 3. The van der Waals surface area contributed by atoms with E-state index < -0.39 is 17.8 Å². The zero-order valence-electron chi connectivity index (χ0n) is 30.5. The molecule has 11 heteroatoms. The van der Waals surface area contributed by atoms with Crippen LogP contribution >= 0.6 is 0 Å². The van der Waals surface area contributed by atoms with Crippen molar-refractivity contribution in [2.45, 2.75) is 115 Å². The third kappa shape index (κ3) is 11.4. The van der Waals surface area contributed by atoms with Crippen molar-refractivity contribution >= 4 is 17.8 Å². The van der Waals surface area contributed by atoms with Gasteiger partial charge in [-0.2, -0.15) is 0 Å². The minimum absolute atomic E-state index is 0.0312. The Labute approximate surface area is 306 Å². The first-order valence-corrected chi connectivity index (χ1v) is 18.4. The van der Waals surface area contributed by atoms with Gasteiger partial charge in [0.15, 0.2) is 6.29 Å². The number of benzene rings is 3. The summed E-state index contributed by atoms with van der Waals surface area (Å²) < 4.78 is 19.1. The molecule has 4 atom stereocenters. The number of nitrogens with zero attached hydrogens (tertiary/aromatic N) is 1. The predicted molar refractivity (Wildman–Crippen MR) is 196 cm³/mol. The van der Waals surface area contributed by atoms with E-state index in [9.17, 15) is 19.5 Å². The first-order valence-electron chi connectivity index (χ1n) is 18.4. The number of esters is 1. The van der Waals surface area contributed by atoms with Gasteiger partial charge in [-0.1, -0.05) is 67.1 Å². The van der Waals surface area contributed by atoms with Gasteiger partial charge in [0, 0.05) is 37.9 Å². The second kappa shape index (κ2) is 18.6. The lowest BCUT2D eigenvalue weighted by Crippen LogP contribution is -2.45. The van der Waals surface area contributed by atoms with Gasteiger partial charge in [-0.25, -0.2) is 5.48 Å². The Hall–Kier alpha value is -4.13. The van der Waals surface area contributed by atoms with E-state index in [4.69, 9.17) is 19.4 Å². The second-order valence-electron chi connectivity index (χ2n) is 14.7. The molecule has 280 valence electrons. The number of hydroxylamine groups is 1. The zero-order valence-corrected chi connectivity index (χ0v) is 30.5. The summed E-state index contributed by atoms with van der Waals surface area (Å²) >= 11 is 0. The predicted octanol–water partition coefficient (Wildman–Crippen LogP) is 6.27. The van der Waals surface area contributed by atoms with Crippen LogP contribution in [0.4, 0.5) is 0 Å². The molecule has 5 rings (SSSR count). The number of hydrogen-bond acceptors (Lipinski definition) is 9. The molecule has 0 aliphatic carbocycles. The molecule has 0 bridgehead atoms. The van der Waals surface area contributed by atoms with Gasteiger partial charge in [-0.05, 0) is 92.9 Å². The van der Waals surface area contributed by atoms with Crippen molar-refractivity contribution in [3.8, 4) is 11.1 Å². The van der Waals surface area contributed by atoms with Crippen LogP contribution in [0.15, 0.2) is 72.8 Å². The van der Waals surface area contributed by atoms with E-state index in [0.29, 0.717) is 38.8 Å². The largest absolute Gasteiger partial charge is 0.459 e. The van der Waals surface area contributed by atoms with Crippen LogP contribution in [0, 0.1) is 0 Å². The minimum Gasteiger partial charge on any atom is -0.459 e. The van der Waals surface area contributed by atoms with Crippen LogP contribution in [0.1, 0.15) is 107 Å². The Kier molecular flexibility index (Phi) is 14.0. The molecule has 2 saturated heterocycles. The quantitative estimate of drug-likeness (QED) is 0.0619. The fourth-order valence-corrected chi connectivity index (χ4v) is 6.79. The van der Waals surface area contributed by atoms with Crippen molar-refractivity contribution in [3.63, 3.8) is 0 Å². The molecule has 2 aliphatic heterocycles. The van der Waals surface area contributed by atoms with Crippen LogP contribution in [-0.2, 0) is 41.7 Å². The Morgan fingerprint density at radius 3 is 2.29 bits per heavy atom. The van der Waals surface area contributed by atoms with Crippen molar-refractivity contribution in [1.29, 1.82) is 0 Å². The van der Waals surface area contributed by atoms with Crippen LogP contribution < -0.4 is 10.8 Å². The first kappa shape index (κ1) is 39.1. The van der Waals surface area contributed by atoms with Gasteiger partial charge in [-0.15, -0.1) is 0 Å². The number of amides is 2. The van der Waals surface area contributed by atoms with Gasteiger partial charge in [0.1, 0.15) is 11.6 Å². The molecular formula is C41H53N3O8. The number of rotatable bonds is 15. The number of likely N-dealkylation sites (tertiary alicyclic amines) is 1. The zero-order chi connectivity index (χ0) is 37.1. The molecule has 2 fully saturated rings. The maximum absolute atomic E-state index is 13.1. The van der Waals surface area contributed by atoms with E-state index in [0.717, 1.165) is 59.2 Å². The van der Waals surface area contributed by atoms with Crippen molar-refractivity contribution in [2.24, 2.45) is 0 Å². The molecule has 3 aromatic carbocycles. The van der Waals surface area contributed by atoms with E-state index in [1.54, 1.807) is 5.48 Å². The highest BCUT2D eigenvalue weighted by Gasteiger charge is 2.39. The molecule has 52 heavy (non-hydrogen) atoms. The van der Waals surface area contributed by atoms with Gasteiger partial charge in [0.25, 0.3) is 0 Å². The Morgan fingerprint density at radius 1 is 0.865 bits per heavy atom. The highest BCUT2D eigenvalue weighted by atomic mass is 16.7. The van der Waals surface area contributed by atoms with E-state index in [1.807, 2.05) is 81.4 Å². The van der Waals surface area contributed by atoms with E-state index in [2.05, 4.69) is 22.3 Å². The molecule has 0 unspecified atom stereocenters. The maximum atomic E-state index is 13.1. The molecule has 2 amide bonds. The maximum Gasteiger partial charge on any atom is 0.323 e. The molecule has 0 aromatic heterocycles. The molecule has 0 saturated carbocycles. The van der Waals surface area contributed by atoms with Gasteiger partial charge in [0.05, 0.1) is 18.8 Å². The standard InChI is InChI=1S/C41H53N3O8/c1-41(2,3)52-39(48)35-14-9-21-44(35)26-34-24-36(30-19-17-28(27-45)18-20-30)51-40(50-34)33-13-8-12-32(23-33)31-11-7-10-29(22-31)25-42-37(46)15-5-4-6-16-38(47)43-49/h7-8,10-13,17-20,22-23,34-36,40,45,49H,4-6,9,14-16,21,24-27H2,1-3H3,(H,42,46)(H,43,47)/t34-,35+,36+,40+/m1/s1. The average molecular weight is 716 g/mol. The van der Waals surface area contributed by atoms with Crippen molar-refractivity contribution in [2.75, 3.05) is 13.1 Å². The van der Waals surface area contributed by atoms with Gasteiger partial charge in [-0.3, -0.25) is 24.5 Å². The normalized spacial score (nSPS) is 20.7. The summed E-state index contributed by atoms with van der Waals surface area (Å²) in [5.41, 5.74) is 6.73. The summed E-state index contributed by atoms with van der Waals surface area (Å²) in [7, 11) is 0. The van der Waals surface area contributed by atoms with Crippen molar-refractivity contribution in [3.05, 3.63) is 95.1 Å². The smallest absolute Gasteiger partial charge is 0.323 e. The molecule has 0 radical (unpaired) electrons. The summed E-state index contributed by atoms with van der Waals surface area (Å²) in [6.07, 6.45) is 3.79. The molecule has 2 aliphatic rings. The SMILES string of the molecule is CC(C)(C)OC(=O)[C@@H]1CCCN1C[C@H]1C[C@@H](c2ccc(CO)cc2)O[C@@H](c2cccc(-c3cccc(CNC(=O)CCCCCC(=O)NO)c3)c2)O1. The van der Waals surface area contributed by atoms with Gasteiger partial charge >= 0.3 is 5.97 Å². The highest BCUT2D eigenvalue weighted by molar-refractivity contribution is 5.77. The Balaban J connectivity index is 1.27. The molecule has 2 heterocycles. The number of unbranched alkanes of at least 4 members (excludes halogenated alkanes) is 2. The molecule has 3 aromatic rings. The number of aliphatic hydroxyl groups is 1. The number of hydrogen-bond donors (Lipinski definition) is 4. The molecule has 11 nitrogen and oxygen atoms in total. The molecule has 4 N–H and O–H groups in total. The lowest BCUT2D eigenvalue weighted by atomic mass is 9.98. The lowest BCUT2D eigenvalue weighted by molar-refractivity contribution is -0.253. The van der Waals surface area contributed by atoms with Crippen LogP contribution in [0.2, 0.25) is 0 Å². The van der Waals surface area contributed by atoms with Crippen molar-refractivity contribution < 1.29 is 38.9 Å². The summed E-state index contributed by atoms with van der Waals surface area (Å²) in [6.45, 7) is 7.41. The summed E-state index contributed by atoms with van der Waals surface area (Å²) in [4.78, 5) is 38.9. The van der Waals surface area contributed by atoms with E-state index in [1.165, 1.54) is 0 Å². The van der Waals surface area contributed by atoms with Gasteiger partial charge < -0.3 is 24.6 Å². The Morgan fingerprint density at radius 2 is 1.58 bits per heavy atom. The minimum atomic E-state index is -0.649. The highest BCUT2D eigenvalue weighted by Crippen LogP contribution is 2.39. The topological polar surface area (TPSA) is 147 Å². The lowest BCUT2D eigenvalue weighted by Gasteiger charge is -2.38. The van der Waals surface area contributed by atoms with E-state index in [-0.39, 0.29) is 43.2 Å². The number of ether oxygens (including phenoxy) is 3. The number of carbonyl (C=O) groups excluding carboxylic acids is 3. The summed E-state index contributed by atoms with van der Waals surface area (Å²) in [5.74, 6) is -0.659. The third-order valence-corrected chi connectivity index (χ3v) is 9.44. The van der Waals surface area contributed by atoms with Crippen LogP contribution in [0.25, 0.3) is 11.1 Å². The monoisotopic (exact) mass is 715 g/mol. The molecular weight excluding hydrogens is 662 g/mol. The first-order chi connectivity index (χ1) is 25.0. The van der Waals surface area contributed by atoms with Crippen LogP contribution in [0.3, 0.4) is 0 Å². The fourth-order valence-electron chi connectivity index (χ4n) is 6.79. The van der Waals surface area contributed by atoms with Gasteiger partial charge in [0.2, 0.25) is 11.8 Å². The molecule has 0 spiro atoms. The summed E-state index contributed by atoms with van der Waals surface area (Å²) in [6, 6.07) is 23.7. The average Bonchev–Trinajstić information content (AvgIpc) is 3.61. The fraction of sp³-hybridized carbons (Fsp3) is 0.488. The second-order valence-corrected chi connectivity index (χ2v) is 14.7. The number of nitrogens with one attached hydrogen (secondary N) is 2. The Bertz CT molecular complexity index is 1640. The third-order valence-electron chi connectivity index (χ3n) is 9.44. The van der Waals surface area contributed by atoms with Crippen LogP contribution in [-0.4, -0.2) is 63.8 Å². The van der Waals surface area contributed by atoms with E-state index >= 15 is 0 Å². The van der Waals surface area contributed by atoms with Crippen LogP contribution in [0.5, 0.6) is 0 Å². The summed E-state index contributed by atoms with van der Waals surface area (Å²) in [5, 5.41) is 21.2.